The third-order valence-corrected chi connectivity index (χ3v) is 3.81. The molecule has 0 aliphatic carbocycles. The molecular formula is C23H37F3N4O. The van der Waals surface area contributed by atoms with Gasteiger partial charge in [-0.1, -0.05) is 44.6 Å². The summed E-state index contributed by atoms with van der Waals surface area (Å²) in [6, 6.07) is 4.14. The van der Waals surface area contributed by atoms with E-state index in [1.165, 1.54) is 23.8 Å². The Bertz CT molecular complexity index is 765. The number of rotatable bonds is 6. The van der Waals surface area contributed by atoms with Gasteiger partial charge in [-0.3, -0.25) is 4.79 Å². The van der Waals surface area contributed by atoms with E-state index in [-0.39, 0.29) is 23.5 Å². The first-order valence-corrected chi connectivity index (χ1v) is 10.1. The monoisotopic (exact) mass is 442 g/mol. The van der Waals surface area contributed by atoms with Gasteiger partial charge in [0.2, 0.25) is 5.91 Å². The van der Waals surface area contributed by atoms with Crippen molar-refractivity contribution in [2.45, 2.75) is 54.6 Å². The molecule has 0 heterocycles. The maximum Gasteiger partial charge on any atom is 0.394 e. The van der Waals surface area contributed by atoms with Crippen molar-refractivity contribution in [1.29, 1.82) is 0 Å². The molecule has 1 rings (SSSR count). The molecule has 1 unspecified atom stereocenters. The summed E-state index contributed by atoms with van der Waals surface area (Å²) < 4.78 is 38.3. The molecule has 1 aromatic rings. The minimum absolute atomic E-state index is 0.126. The van der Waals surface area contributed by atoms with Crippen molar-refractivity contribution < 1.29 is 18.0 Å². The fraction of sp³-hybridized carbons (Fsp3) is 0.435. The smallest absolute Gasteiger partial charge is 0.394 e. The summed E-state index contributed by atoms with van der Waals surface area (Å²) in [6.45, 7) is 13.2. The number of halogens is 3. The zero-order valence-electron chi connectivity index (χ0n) is 19.5. The molecule has 1 atom stereocenters. The SMILES string of the molecule is C/C=C\C=C(C)C.CC.CCN(N)/C(=C\C(C)C(F)(F)F)c1ccc(C(N)=O)cc1N. The van der Waals surface area contributed by atoms with Crippen LogP contribution in [0, 0.1) is 5.92 Å². The van der Waals surface area contributed by atoms with E-state index in [0.29, 0.717) is 5.56 Å². The number of allylic oxidation sites excluding steroid dienone is 5. The predicted molar refractivity (Wildman–Crippen MR) is 125 cm³/mol. The number of alkyl halides is 3. The molecule has 0 aliphatic rings. The molecule has 1 aromatic carbocycles. The number of hydrogen-bond donors (Lipinski definition) is 3. The fourth-order valence-corrected chi connectivity index (χ4v) is 2.08. The molecule has 1 amide bonds. The first-order chi connectivity index (χ1) is 14.3. The number of hydrazine groups is 1. The Hall–Kier alpha value is -2.74. The molecule has 176 valence electrons. The van der Waals surface area contributed by atoms with Crippen LogP contribution in [0.2, 0.25) is 0 Å². The van der Waals surface area contributed by atoms with E-state index in [9.17, 15) is 18.0 Å². The summed E-state index contributed by atoms with van der Waals surface area (Å²) >= 11 is 0. The molecule has 6 N–H and O–H groups in total. The summed E-state index contributed by atoms with van der Waals surface area (Å²) in [6.07, 6.45) is 2.75. The van der Waals surface area contributed by atoms with Crippen LogP contribution in [0.25, 0.3) is 5.70 Å². The summed E-state index contributed by atoms with van der Waals surface area (Å²) in [4.78, 5) is 11.1. The van der Waals surface area contributed by atoms with Gasteiger partial charge in [0.05, 0.1) is 11.6 Å². The van der Waals surface area contributed by atoms with Crippen LogP contribution in [0.15, 0.2) is 48.1 Å². The van der Waals surface area contributed by atoms with Gasteiger partial charge in [-0.05, 0) is 52.0 Å². The molecular weight excluding hydrogens is 405 g/mol. The van der Waals surface area contributed by atoms with Crippen LogP contribution in [-0.4, -0.2) is 23.6 Å². The fourth-order valence-electron chi connectivity index (χ4n) is 2.08. The summed E-state index contributed by atoms with van der Waals surface area (Å²) in [5.41, 5.74) is 13.1. The van der Waals surface area contributed by atoms with Gasteiger partial charge in [0.1, 0.15) is 0 Å². The second-order valence-corrected chi connectivity index (χ2v) is 6.60. The Labute approximate surface area is 184 Å². The van der Waals surface area contributed by atoms with Crippen LogP contribution in [-0.2, 0) is 0 Å². The van der Waals surface area contributed by atoms with E-state index in [2.05, 4.69) is 19.9 Å². The zero-order valence-corrected chi connectivity index (χ0v) is 19.5. The molecule has 0 saturated carbocycles. The normalized spacial score (nSPS) is 12.2. The van der Waals surface area contributed by atoms with Crippen LogP contribution in [0.5, 0.6) is 0 Å². The van der Waals surface area contributed by atoms with Gasteiger partial charge in [0, 0.05) is 23.4 Å². The van der Waals surface area contributed by atoms with Crippen molar-refractivity contribution in [3.63, 3.8) is 0 Å². The Morgan fingerprint density at radius 2 is 1.77 bits per heavy atom. The number of nitrogens with two attached hydrogens (primary N) is 3. The second kappa shape index (κ2) is 15.1. The lowest BCUT2D eigenvalue weighted by atomic mass is 10.0. The van der Waals surface area contributed by atoms with Gasteiger partial charge < -0.3 is 16.5 Å². The molecule has 8 heteroatoms. The topological polar surface area (TPSA) is 98.4 Å². The van der Waals surface area contributed by atoms with Gasteiger partial charge in [-0.15, -0.1) is 0 Å². The number of nitrogen functional groups attached to an aromatic ring is 1. The number of anilines is 1. The lowest BCUT2D eigenvalue weighted by Gasteiger charge is -2.24. The number of hydrogen-bond acceptors (Lipinski definition) is 4. The average molecular weight is 443 g/mol. The highest BCUT2D eigenvalue weighted by Gasteiger charge is 2.35. The van der Waals surface area contributed by atoms with Gasteiger partial charge in [-0.2, -0.15) is 13.2 Å². The highest BCUT2D eigenvalue weighted by molar-refractivity contribution is 5.94. The number of benzene rings is 1. The second-order valence-electron chi connectivity index (χ2n) is 6.60. The molecule has 31 heavy (non-hydrogen) atoms. The number of carbonyl (C=O) groups excluding carboxylic acids is 1. The maximum atomic E-state index is 12.8. The van der Waals surface area contributed by atoms with E-state index in [1.807, 2.05) is 32.9 Å². The van der Waals surface area contributed by atoms with E-state index in [0.717, 1.165) is 18.0 Å². The third-order valence-electron chi connectivity index (χ3n) is 3.81. The Balaban J connectivity index is 0. The molecule has 0 aromatic heterocycles. The van der Waals surface area contributed by atoms with Gasteiger partial charge in [0.15, 0.2) is 0 Å². The standard InChI is InChI=1S/C14H19F3N4O.C7H12.C2H6/c1-3-21(20)12(6-8(2)14(15,16)17)10-5-4-9(13(19)22)7-11(10)18;1-4-5-6-7(2)3;1-2/h4-8H,3,18,20H2,1-2H3,(H2,19,22);4-6H,1-3H3;1-2H3/b12-6-;5-4-;. The average Bonchev–Trinajstić information content (AvgIpc) is 2.71. The lowest BCUT2D eigenvalue weighted by Crippen LogP contribution is -2.31. The molecule has 0 fully saturated rings. The quantitative estimate of drug-likeness (QED) is 0.229. The Morgan fingerprint density at radius 3 is 2.10 bits per heavy atom. The molecule has 0 aliphatic heterocycles. The van der Waals surface area contributed by atoms with Crippen LogP contribution in [0.4, 0.5) is 18.9 Å². The number of primary amides is 1. The minimum Gasteiger partial charge on any atom is -0.398 e. The maximum absolute atomic E-state index is 12.8. The molecule has 0 bridgehead atoms. The largest absolute Gasteiger partial charge is 0.398 e. The number of carbonyl (C=O) groups is 1. The van der Waals surface area contributed by atoms with E-state index >= 15 is 0 Å². The summed E-state index contributed by atoms with van der Waals surface area (Å²) in [5.74, 6) is 3.39. The van der Waals surface area contributed by atoms with Crippen LogP contribution in [0.1, 0.15) is 64.4 Å². The van der Waals surface area contributed by atoms with Crippen molar-refractivity contribution in [1.82, 2.24) is 5.01 Å². The lowest BCUT2D eigenvalue weighted by molar-refractivity contribution is -0.156. The third kappa shape index (κ3) is 11.9. The highest BCUT2D eigenvalue weighted by atomic mass is 19.4. The van der Waals surface area contributed by atoms with Crippen molar-refractivity contribution in [2.75, 3.05) is 12.3 Å². The Morgan fingerprint density at radius 1 is 1.23 bits per heavy atom. The van der Waals surface area contributed by atoms with E-state index in [1.54, 1.807) is 6.92 Å². The van der Waals surface area contributed by atoms with Gasteiger partial charge >= 0.3 is 6.18 Å². The van der Waals surface area contributed by atoms with Crippen LogP contribution >= 0.6 is 0 Å². The van der Waals surface area contributed by atoms with Crippen LogP contribution < -0.4 is 17.3 Å². The number of amides is 1. The van der Waals surface area contributed by atoms with Gasteiger partial charge in [0.25, 0.3) is 0 Å². The molecule has 0 radical (unpaired) electrons. The predicted octanol–water partition coefficient (Wildman–Crippen LogP) is 5.66. The highest BCUT2D eigenvalue weighted by Crippen LogP contribution is 2.32. The first kappa shape index (κ1) is 30.5. The Kier molecular flexibility index (Phi) is 14.9. The van der Waals surface area contributed by atoms with E-state index < -0.39 is 18.0 Å². The van der Waals surface area contributed by atoms with Crippen LogP contribution in [0.3, 0.4) is 0 Å². The minimum atomic E-state index is -4.39. The van der Waals surface area contributed by atoms with Gasteiger partial charge in [-0.25, -0.2) is 5.84 Å². The van der Waals surface area contributed by atoms with Crippen molar-refractivity contribution in [2.24, 2.45) is 17.5 Å². The first-order valence-electron chi connectivity index (χ1n) is 10.1. The molecule has 5 nitrogen and oxygen atoms in total. The zero-order chi connectivity index (χ0) is 24.8. The summed E-state index contributed by atoms with van der Waals surface area (Å²) in [7, 11) is 0. The van der Waals surface area contributed by atoms with E-state index in [4.69, 9.17) is 17.3 Å². The molecule has 0 spiro atoms. The molecule has 0 saturated heterocycles. The van der Waals surface area contributed by atoms with Crippen molar-refractivity contribution >= 4 is 17.3 Å². The van der Waals surface area contributed by atoms with Crippen molar-refractivity contribution in [3.05, 3.63) is 59.2 Å². The summed E-state index contributed by atoms with van der Waals surface area (Å²) in [5, 5.41) is 1.16. The number of nitrogens with zero attached hydrogens (tertiary/aromatic N) is 1. The van der Waals surface area contributed by atoms with Crippen molar-refractivity contribution in [3.8, 4) is 0 Å².